The zero-order valence-corrected chi connectivity index (χ0v) is 13.2. The topological polar surface area (TPSA) is 49.8 Å². The summed E-state index contributed by atoms with van der Waals surface area (Å²) >= 11 is 7.32. The Kier molecular flexibility index (Phi) is 5.61. The van der Waals surface area contributed by atoms with Crippen LogP contribution in [0.3, 0.4) is 0 Å². The van der Waals surface area contributed by atoms with E-state index in [1.54, 1.807) is 36.2 Å². The molecule has 0 aliphatic carbocycles. The molecule has 0 aliphatic rings. The largest absolute Gasteiger partial charge is 0.484 e. The van der Waals surface area contributed by atoms with Gasteiger partial charge in [-0.2, -0.15) is 0 Å². The Bertz CT molecular complexity index is 597. The highest BCUT2D eigenvalue weighted by atomic mass is 35.5. The molecule has 0 fully saturated rings. The van der Waals surface area contributed by atoms with Crippen molar-refractivity contribution in [3.05, 3.63) is 51.2 Å². The van der Waals surface area contributed by atoms with Gasteiger partial charge in [-0.3, -0.25) is 4.79 Å². The molecule has 1 N–H and O–H groups in total. The van der Waals surface area contributed by atoms with Crippen LogP contribution in [0.25, 0.3) is 0 Å². The van der Waals surface area contributed by atoms with Crippen molar-refractivity contribution in [2.24, 2.45) is 0 Å². The molecule has 0 saturated heterocycles. The second-order valence-corrected chi connectivity index (χ2v) is 6.35. The van der Waals surface area contributed by atoms with E-state index >= 15 is 0 Å². The first-order valence-electron chi connectivity index (χ1n) is 6.39. The molecule has 4 nitrogen and oxygen atoms in total. The first-order chi connectivity index (χ1) is 10.1. The summed E-state index contributed by atoms with van der Waals surface area (Å²) in [6, 6.07) is 10.7. The molecule has 0 aliphatic heterocycles. The van der Waals surface area contributed by atoms with Crippen LogP contribution < -0.4 is 4.74 Å². The van der Waals surface area contributed by atoms with Crippen molar-refractivity contribution in [1.82, 2.24) is 4.90 Å². The highest BCUT2D eigenvalue weighted by molar-refractivity contribution is 7.16. The summed E-state index contributed by atoms with van der Waals surface area (Å²) in [5, 5.41) is 8.95. The van der Waals surface area contributed by atoms with Gasteiger partial charge in [0.05, 0.1) is 17.5 Å². The fourth-order valence-electron chi connectivity index (χ4n) is 1.71. The first-order valence-corrected chi connectivity index (χ1v) is 7.58. The van der Waals surface area contributed by atoms with Crippen molar-refractivity contribution < 1.29 is 14.6 Å². The van der Waals surface area contributed by atoms with Gasteiger partial charge in [0.1, 0.15) is 5.75 Å². The average Bonchev–Trinajstić information content (AvgIpc) is 2.90. The minimum Gasteiger partial charge on any atom is -0.484 e. The van der Waals surface area contributed by atoms with E-state index in [0.29, 0.717) is 16.6 Å². The molecule has 1 aromatic heterocycles. The van der Waals surface area contributed by atoms with Crippen LogP contribution in [0.4, 0.5) is 0 Å². The fraction of sp³-hybridized carbons (Fsp3) is 0.267. The summed E-state index contributed by atoms with van der Waals surface area (Å²) in [5.41, 5.74) is 0.806. The van der Waals surface area contributed by atoms with E-state index in [-0.39, 0.29) is 19.1 Å². The van der Waals surface area contributed by atoms with Crippen LogP contribution in [-0.2, 0) is 17.9 Å². The van der Waals surface area contributed by atoms with Crippen molar-refractivity contribution in [3.63, 3.8) is 0 Å². The molecule has 1 amide bonds. The third kappa shape index (κ3) is 4.74. The molecular formula is C15H16ClNO3S. The number of aliphatic hydroxyl groups excluding tert-OH is 1. The lowest BCUT2D eigenvalue weighted by atomic mass is 10.2. The SMILES string of the molecule is CN(Cc1ccc(Cl)s1)C(=O)COc1ccc(CO)cc1. The highest BCUT2D eigenvalue weighted by Gasteiger charge is 2.11. The van der Waals surface area contributed by atoms with Gasteiger partial charge in [0.15, 0.2) is 6.61 Å². The summed E-state index contributed by atoms with van der Waals surface area (Å²) in [5.74, 6) is 0.499. The van der Waals surface area contributed by atoms with Crippen LogP contribution in [0.2, 0.25) is 4.34 Å². The lowest BCUT2D eigenvalue weighted by molar-refractivity contribution is -0.132. The van der Waals surface area contributed by atoms with E-state index in [2.05, 4.69) is 0 Å². The minimum absolute atomic E-state index is 0.00861. The van der Waals surface area contributed by atoms with Gasteiger partial charge in [0.2, 0.25) is 0 Å². The zero-order valence-electron chi connectivity index (χ0n) is 11.6. The number of likely N-dealkylation sites (N-methyl/N-ethyl adjacent to an activating group) is 1. The number of amides is 1. The third-order valence-corrected chi connectivity index (χ3v) is 4.13. The van der Waals surface area contributed by atoms with Crippen LogP contribution in [0, 0.1) is 0 Å². The van der Waals surface area contributed by atoms with Crippen LogP contribution in [0.1, 0.15) is 10.4 Å². The average molecular weight is 326 g/mol. The number of halogens is 1. The predicted molar refractivity (Wildman–Crippen MR) is 83.7 cm³/mol. The van der Waals surface area contributed by atoms with Crippen molar-refractivity contribution >= 4 is 28.8 Å². The summed E-state index contributed by atoms with van der Waals surface area (Å²) in [4.78, 5) is 14.6. The fourth-order valence-corrected chi connectivity index (χ4v) is 2.85. The Morgan fingerprint density at radius 1 is 1.29 bits per heavy atom. The molecule has 1 heterocycles. The monoisotopic (exact) mass is 325 g/mol. The molecule has 0 saturated carbocycles. The first kappa shape index (κ1) is 15.8. The number of ether oxygens (including phenoxy) is 1. The number of carbonyl (C=O) groups is 1. The van der Waals surface area contributed by atoms with Gasteiger partial charge < -0.3 is 14.7 Å². The van der Waals surface area contributed by atoms with Gasteiger partial charge >= 0.3 is 0 Å². The number of carbonyl (C=O) groups excluding carboxylic acids is 1. The van der Waals surface area contributed by atoms with Gasteiger partial charge in [-0.25, -0.2) is 0 Å². The summed E-state index contributed by atoms with van der Waals surface area (Å²) in [6.45, 7) is 0.489. The standard InChI is InChI=1S/C15H16ClNO3S/c1-17(8-13-6-7-14(16)21-13)15(19)10-20-12-4-2-11(9-18)3-5-12/h2-7,18H,8-10H2,1H3. The number of nitrogens with zero attached hydrogens (tertiary/aromatic N) is 1. The molecule has 0 radical (unpaired) electrons. The smallest absolute Gasteiger partial charge is 0.260 e. The van der Waals surface area contributed by atoms with Crippen LogP contribution >= 0.6 is 22.9 Å². The normalized spacial score (nSPS) is 10.4. The van der Waals surface area contributed by atoms with Crippen LogP contribution in [-0.4, -0.2) is 29.6 Å². The Balaban J connectivity index is 1.82. The van der Waals surface area contributed by atoms with Crippen molar-refractivity contribution in [2.75, 3.05) is 13.7 Å². The van der Waals surface area contributed by atoms with Gasteiger partial charge in [-0.1, -0.05) is 23.7 Å². The van der Waals surface area contributed by atoms with Gasteiger partial charge in [0, 0.05) is 11.9 Å². The summed E-state index contributed by atoms with van der Waals surface area (Å²) in [6.07, 6.45) is 0. The minimum atomic E-state index is -0.106. The van der Waals surface area contributed by atoms with Crippen molar-refractivity contribution in [1.29, 1.82) is 0 Å². The third-order valence-electron chi connectivity index (χ3n) is 2.92. The molecule has 2 aromatic rings. The molecule has 0 unspecified atom stereocenters. The van der Waals surface area contributed by atoms with E-state index in [1.165, 1.54) is 11.3 Å². The number of thiophene rings is 1. The van der Waals surface area contributed by atoms with Crippen molar-refractivity contribution in [2.45, 2.75) is 13.2 Å². The van der Waals surface area contributed by atoms with E-state index in [1.807, 2.05) is 12.1 Å². The lowest BCUT2D eigenvalue weighted by Crippen LogP contribution is -2.30. The van der Waals surface area contributed by atoms with Gasteiger partial charge in [0.25, 0.3) is 5.91 Å². The molecule has 0 spiro atoms. The summed E-state index contributed by atoms with van der Waals surface area (Å²) < 4.78 is 6.15. The molecular weight excluding hydrogens is 310 g/mol. The number of rotatable bonds is 6. The second-order valence-electron chi connectivity index (χ2n) is 4.55. The van der Waals surface area contributed by atoms with E-state index in [0.717, 1.165) is 10.4 Å². The van der Waals surface area contributed by atoms with Gasteiger partial charge in [-0.05, 0) is 29.8 Å². The van der Waals surface area contributed by atoms with E-state index in [4.69, 9.17) is 21.4 Å². The Morgan fingerprint density at radius 2 is 2.00 bits per heavy atom. The summed E-state index contributed by atoms with van der Waals surface area (Å²) in [7, 11) is 1.73. The molecule has 2 rings (SSSR count). The van der Waals surface area contributed by atoms with Crippen molar-refractivity contribution in [3.8, 4) is 5.75 Å². The maximum atomic E-state index is 12.0. The number of hydrogen-bond donors (Lipinski definition) is 1. The van der Waals surface area contributed by atoms with Crippen LogP contribution in [0.5, 0.6) is 5.75 Å². The maximum absolute atomic E-state index is 12.0. The predicted octanol–water partition coefficient (Wildman–Crippen LogP) is 2.93. The molecule has 0 atom stereocenters. The Hall–Kier alpha value is -1.56. The quantitative estimate of drug-likeness (QED) is 0.888. The highest BCUT2D eigenvalue weighted by Crippen LogP contribution is 2.22. The molecule has 21 heavy (non-hydrogen) atoms. The lowest BCUT2D eigenvalue weighted by Gasteiger charge is -2.16. The molecule has 112 valence electrons. The Morgan fingerprint density at radius 3 is 2.57 bits per heavy atom. The number of benzene rings is 1. The Labute approximate surface area is 132 Å². The zero-order chi connectivity index (χ0) is 15.2. The number of aliphatic hydroxyl groups is 1. The molecule has 6 heteroatoms. The van der Waals surface area contributed by atoms with E-state index < -0.39 is 0 Å². The number of hydrogen-bond acceptors (Lipinski definition) is 4. The van der Waals surface area contributed by atoms with Gasteiger partial charge in [-0.15, -0.1) is 11.3 Å². The molecule has 0 bridgehead atoms. The molecule has 1 aromatic carbocycles. The van der Waals surface area contributed by atoms with E-state index in [9.17, 15) is 4.79 Å². The second kappa shape index (κ2) is 7.45. The maximum Gasteiger partial charge on any atom is 0.260 e. The van der Waals surface area contributed by atoms with Crippen LogP contribution in [0.15, 0.2) is 36.4 Å².